The maximum absolute atomic E-state index is 12.9. The fourth-order valence-electron chi connectivity index (χ4n) is 2.63. The molecule has 2 rings (SSSR count). The van der Waals surface area contributed by atoms with Crippen LogP contribution in [0.1, 0.15) is 30.9 Å². The first-order valence-electron chi connectivity index (χ1n) is 9.01. The molecule has 1 amide bonds. The zero-order valence-corrected chi connectivity index (χ0v) is 17.1. The van der Waals surface area contributed by atoms with Crippen LogP contribution in [0.3, 0.4) is 0 Å². The third-order valence-electron chi connectivity index (χ3n) is 3.80. The van der Waals surface area contributed by atoms with Crippen LogP contribution >= 0.6 is 7.60 Å². The van der Waals surface area contributed by atoms with Crippen molar-refractivity contribution in [1.29, 1.82) is 0 Å². The van der Waals surface area contributed by atoms with Crippen molar-refractivity contribution >= 4 is 24.9 Å². The fourth-order valence-corrected chi connectivity index (χ4v) is 4.04. The van der Waals surface area contributed by atoms with Gasteiger partial charge in [0.25, 0.3) is 11.4 Å². The van der Waals surface area contributed by atoms with E-state index in [1.165, 1.54) is 0 Å². The van der Waals surface area contributed by atoms with Crippen molar-refractivity contribution in [2.75, 3.05) is 13.2 Å². The van der Waals surface area contributed by atoms with Gasteiger partial charge in [-0.2, -0.15) is 0 Å². The topological polar surface area (TPSA) is 117 Å². The minimum Gasteiger partial charge on any atom is -0.364 e. The quantitative estimate of drug-likeness (QED) is 0.273. The second kappa shape index (κ2) is 10.7. The van der Waals surface area contributed by atoms with Gasteiger partial charge in [0.05, 0.1) is 13.2 Å². The minimum atomic E-state index is -4.12. The van der Waals surface area contributed by atoms with Crippen molar-refractivity contribution in [3.63, 3.8) is 0 Å². The number of rotatable bonds is 10. The maximum Gasteiger partial charge on any atom is 0.388 e. The number of oxime groups is 1. The first-order valence-corrected chi connectivity index (χ1v) is 10.6. The predicted molar refractivity (Wildman–Crippen MR) is 108 cm³/mol. The number of amides is 1. The van der Waals surface area contributed by atoms with Gasteiger partial charge in [0.15, 0.2) is 0 Å². The maximum atomic E-state index is 12.9. The van der Waals surface area contributed by atoms with Crippen LogP contribution in [-0.2, 0) is 28.0 Å². The Kier molecular flexibility index (Phi) is 8.27. The van der Waals surface area contributed by atoms with Crippen molar-refractivity contribution in [2.24, 2.45) is 10.9 Å². The predicted octanol–water partition coefficient (Wildman–Crippen LogP) is 3.43. The molecule has 9 heteroatoms. The van der Waals surface area contributed by atoms with Crippen LogP contribution in [0.15, 0.2) is 65.8 Å². The number of hydrogen-bond acceptors (Lipinski definition) is 7. The number of benzene rings is 2. The van der Waals surface area contributed by atoms with Gasteiger partial charge in [0.1, 0.15) is 5.92 Å². The number of nitrogens with two attached hydrogens (primary N) is 1. The van der Waals surface area contributed by atoms with E-state index < -0.39 is 30.8 Å². The number of hydrogen-bond donors (Lipinski definition) is 1. The lowest BCUT2D eigenvalue weighted by atomic mass is 9.91. The van der Waals surface area contributed by atoms with Crippen molar-refractivity contribution < 1.29 is 28.0 Å². The summed E-state index contributed by atoms with van der Waals surface area (Å²) in [6, 6.07) is 17.9. The standard InChI is InChI=1S/C20H23N2O6P/c1-3-26-29(25,27-4-2)19(18(21)23)22-28-20(24)17(15-11-7-5-8-12-15)16-13-9-6-10-14-16/h5-14,17H,3-4H2,1-2H3,(H2,21,23). The highest BCUT2D eigenvalue weighted by molar-refractivity contribution is 7.75. The van der Waals surface area contributed by atoms with E-state index in [1.807, 2.05) is 12.1 Å². The highest BCUT2D eigenvalue weighted by atomic mass is 31.2. The summed E-state index contributed by atoms with van der Waals surface area (Å²) in [5.41, 5.74) is 5.83. The molecule has 0 aliphatic carbocycles. The smallest absolute Gasteiger partial charge is 0.364 e. The third-order valence-corrected chi connectivity index (χ3v) is 5.82. The number of nitrogens with zero attached hydrogens (tertiary/aromatic N) is 1. The molecule has 0 aromatic heterocycles. The Balaban J connectivity index is 2.39. The third kappa shape index (κ3) is 5.84. The molecule has 0 unspecified atom stereocenters. The van der Waals surface area contributed by atoms with Crippen LogP contribution in [0.5, 0.6) is 0 Å². The lowest BCUT2D eigenvalue weighted by Crippen LogP contribution is -2.26. The molecule has 0 radical (unpaired) electrons. The molecule has 0 spiro atoms. The lowest BCUT2D eigenvalue weighted by Gasteiger charge is -2.17. The van der Waals surface area contributed by atoms with Crippen LogP contribution in [0.2, 0.25) is 0 Å². The van der Waals surface area contributed by atoms with Crippen LogP contribution in [0.25, 0.3) is 0 Å². The molecule has 0 heterocycles. The van der Waals surface area contributed by atoms with E-state index in [0.29, 0.717) is 11.1 Å². The van der Waals surface area contributed by atoms with Gasteiger partial charge in [0, 0.05) is 0 Å². The summed E-state index contributed by atoms with van der Waals surface area (Å²) in [5, 5.41) is 3.48. The van der Waals surface area contributed by atoms with Gasteiger partial charge in [-0.1, -0.05) is 65.8 Å². The molecular weight excluding hydrogens is 395 g/mol. The Bertz CT molecular complexity index is 852. The highest BCUT2D eigenvalue weighted by Gasteiger charge is 2.37. The van der Waals surface area contributed by atoms with E-state index in [-0.39, 0.29) is 13.2 Å². The van der Waals surface area contributed by atoms with Gasteiger partial charge in [-0.15, -0.1) is 0 Å². The van der Waals surface area contributed by atoms with Crippen molar-refractivity contribution in [3.05, 3.63) is 71.8 Å². The van der Waals surface area contributed by atoms with Gasteiger partial charge in [-0.3, -0.25) is 9.36 Å². The Hall–Kier alpha value is -2.80. The molecule has 2 N–H and O–H groups in total. The molecule has 2 aromatic carbocycles. The highest BCUT2D eigenvalue weighted by Crippen LogP contribution is 2.49. The van der Waals surface area contributed by atoms with Crippen molar-refractivity contribution in [2.45, 2.75) is 19.8 Å². The summed E-state index contributed by atoms with van der Waals surface area (Å²) in [5.74, 6) is -2.76. The normalized spacial score (nSPS) is 12.0. The molecule has 0 saturated heterocycles. The van der Waals surface area contributed by atoms with Crippen LogP contribution in [-0.4, -0.2) is 30.5 Å². The summed E-state index contributed by atoms with van der Waals surface area (Å²) in [6.07, 6.45) is 0. The van der Waals surface area contributed by atoms with Crippen molar-refractivity contribution in [1.82, 2.24) is 0 Å². The van der Waals surface area contributed by atoms with E-state index in [0.717, 1.165) is 0 Å². The molecule has 0 aliphatic rings. The van der Waals surface area contributed by atoms with Gasteiger partial charge in [0.2, 0.25) is 0 Å². The van der Waals surface area contributed by atoms with Crippen LogP contribution < -0.4 is 5.73 Å². The molecule has 29 heavy (non-hydrogen) atoms. The van der Waals surface area contributed by atoms with E-state index in [9.17, 15) is 14.2 Å². The summed E-state index contributed by atoms with van der Waals surface area (Å²) in [6.45, 7) is 3.09. The monoisotopic (exact) mass is 418 g/mol. The Labute approximate surface area is 169 Å². The summed E-state index contributed by atoms with van der Waals surface area (Å²) in [7, 11) is -4.12. The lowest BCUT2D eigenvalue weighted by molar-refractivity contribution is -0.144. The van der Waals surface area contributed by atoms with Gasteiger partial charge >= 0.3 is 13.6 Å². The second-order valence-electron chi connectivity index (χ2n) is 5.78. The van der Waals surface area contributed by atoms with E-state index in [2.05, 4.69) is 5.16 Å². The van der Waals surface area contributed by atoms with Crippen molar-refractivity contribution in [3.8, 4) is 0 Å². The number of carbonyl (C=O) groups is 2. The SMILES string of the molecule is CCOP(=O)(OCC)C(=NOC(=O)C(c1ccccc1)c1ccccc1)C(N)=O. The molecule has 8 nitrogen and oxygen atoms in total. The van der Waals surface area contributed by atoms with Crippen LogP contribution in [0, 0.1) is 0 Å². The van der Waals surface area contributed by atoms with E-state index in [4.69, 9.17) is 19.6 Å². The largest absolute Gasteiger partial charge is 0.388 e. The molecule has 2 aromatic rings. The van der Waals surface area contributed by atoms with Crippen LogP contribution in [0.4, 0.5) is 0 Å². The molecular formula is C20H23N2O6P. The van der Waals surface area contributed by atoms with Gasteiger partial charge in [-0.05, 0) is 25.0 Å². The molecule has 154 valence electrons. The Morgan fingerprint density at radius 2 is 1.38 bits per heavy atom. The Morgan fingerprint density at radius 1 is 0.931 bits per heavy atom. The zero-order valence-electron chi connectivity index (χ0n) is 16.2. The molecule has 0 aliphatic heterocycles. The first-order chi connectivity index (χ1) is 13.9. The average molecular weight is 418 g/mol. The Morgan fingerprint density at radius 3 is 1.76 bits per heavy atom. The van der Waals surface area contributed by atoms with Gasteiger partial charge in [-0.25, -0.2) is 4.79 Å². The molecule has 0 fully saturated rings. The zero-order chi connectivity index (χ0) is 21.3. The molecule has 0 saturated carbocycles. The second-order valence-corrected chi connectivity index (χ2v) is 7.71. The van der Waals surface area contributed by atoms with E-state index in [1.54, 1.807) is 62.4 Å². The number of carbonyl (C=O) groups excluding carboxylic acids is 2. The average Bonchev–Trinajstić information content (AvgIpc) is 2.70. The summed E-state index contributed by atoms with van der Waals surface area (Å²) < 4.78 is 22.9. The van der Waals surface area contributed by atoms with E-state index >= 15 is 0 Å². The molecule has 0 atom stereocenters. The fraction of sp³-hybridized carbons (Fsp3) is 0.250. The summed E-state index contributed by atoms with van der Waals surface area (Å²) in [4.78, 5) is 29.6. The molecule has 0 bridgehead atoms. The van der Waals surface area contributed by atoms with Gasteiger partial charge < -0.3 is 19.6 Å². The minimum absolute atomic E-state index is 0.0197. The first kappa shape index (κ1) is 22.5. The summed E-state index contributed by atoms with van der Waals surface area (Å²) >= 11 is 0. The number of primary amides is 1.